The molecule has 6 aromatic rings. The fourth-order valence-electron chi connectivity index (χ4n) is 5.92. The number of aromatic nitrogens is 5. The van der Waals surface area contributed by atoms with E-state index in [0.29, 0.717) is 41.8 Å². The summed E-state index contributed by atoms with van der Waals surface area (Å²) in [7, 11) is 0. The third-order valence-corrected chi connectivity index (χ3v) is 11.4. The molecule has 11 nitrogen and oxygen atoms in total. The van der Waals surface area contributed by atoms with Gasteiger partial charge >= 0.3 is 6.03 Å². The molecule has 4 heterocycles. The molecule has 0 aliphatic carbocycles. The van der Waals surface area contributed by atoms with Crippen LogP contribution in [0.4, 0.5) is 15.0 Å². The lowest BCUT2D eigenvalue weighted by molar-refractivity contribution is -0.165. The van der Waals surface area contributed by atoms with E-state index in [4.69, 9.17) is 19.3 Å². The van der Waals surface area contributed by atoms with Crippen LogP contribution in [0.15, 0.2) is 107 Å². The second-order valence-corrected chi connectivity index (χ2v) is 15.7. The zero-order valence-corrected chi connectivity index (χ0v) is 32.0. The van der Waals surface area contributed by atoms with Crippen LogP contribution in [0.5, 0.6) is 5.75 Å². The van der Waals surface area contributed by atoms with Gasteiger partial charge in [-0.1, -0.05) is 48.2 Å². The topological polar surface area (TPSA) is 117 Å². The van der Waals surface area contributed by atoms with Crippen molar-refractivity contribution in [2.24, 2.45) is 0 Å². The Balaban J connectivity index is 1.03. The maximum atomic E-state index is 14.6. The van der Waals surface area contributed by atoms with Gasteiger partial charge in [-0.05, 0) is 87.4 Å². The number of fused-ring (bicyclic) bond motifs is 1. The molecule has 2 N–H and O–H groups in total. The highest BCUT2D eigenvalue weighted by atomic mass is 32.2. The monoisotopic (exact) mass is 767 g/mol. The second kappa shape index (κ2) is 17.1. The van der Waals surface area contributed by atoms with Crippen LogP contribution in [0.2, 0.25) is 0 Å². The van der Waals surface area contributed by atoms with E-state index in [1.54, 1.807) is 39.0 Å². The fraction of sp³-hybridized carbons (Fsp3) is 0.300. The summed E-state index contributed by atoms with van der Waals surface area (Å²) >= 11 is 3.21. The van der Waals surface area contributed by atoms with Gasteiger partial charge < -0.3 is 19.5 Å². The molecule has 0 radical (unpaired) electrons. The Morgan fingerprint density at radius 3 is 2.69 bits per heavy atom. The first-order valence-electron chi connectivity index (χ1n) is 17.8. The van der Waals surface area contributed by atoms with Crippen LogP contribution in [-0.2, 0) is 20.8 Å². The summed E-state index contributed by atoms with van der Waals surface area (Å²) in [5, 5.41) is 19.4. The van der Waals surface area contributed by atoms with E-state index in [1.165, 1.54) is 17.8 Å². The number of benzene rings is 3. The number of rotatable bonds is 14. The number of thioether (sulfide) groups is 1. The maximum Gasteiger partial charge on any atom is 0.320 e. The average molecular weight is 768 g/mol. The number of carbonyl (C=O) groups excluding carboxylic acids is 1. The predicted octanol–water partition coefficient (Wildman–Crippen LogP) is 8.71. The second-order valence-electron chi connectivity index (χ2n) is 13.2. The summed E-state index contributed by atoms with van der Waals surface area (Å²) in [6.45, 7) is 6.01. The third kappa shape index (κ3) is 8.90. The number of halogens is 1. The summed E-state index contributed by atoms with van der Waals surface area (Å²) < 4.78 is 35.3. The molecule has 3 aromatic heterocycles. The van der Waals surface area contributed by atoms with E-state index >= 15 is 0 Å². The summed E-state index contributed by atoms with van der Waals surface area (Å²) in [5.74, 6) is 1.25. The van der Waals surface area contributed by atoms with Crippen molar-refractivity contribution >= 4 is 41.0 Å². The number of hydrogen-bond donors (Lipinski definition) is 2. The van der Waals surface area contributed by atoms with E-state index in [0.717, 1.165) is 52.6 Å². The molecule has 14 heteroatoms. The number of anilines is 1. The van der Waals surface area contributed by atoms with Crippen LogP contribution in [-0.4, -0.2) is 62.8 Å². The number of amides is 2. The molecule has 7 rings (SSSR count). The molecule has 1 aliphatic rings. The summed E-state index contributed by atoms with van der Waals surface area (Å²) in [5.41, 5.74) is 3.48. The minimum absolute atomic E-state index is 0.166. The number of carbonyl (C=O) groups is 1. The van der Waals surface area contributed by atoms with Gasteiger partial charge in [0.2, 0.25) is 0 Å². The lowest BCUT2D eigenvalue weighted by atomic mass is 10.1. The van der Waals surface area contributed by atoms with Gasteiger partial charge in [0, 0.05) is 41.3 Å². The number of urea groups is 1. The fourth-order valence-corrected chi connectivity index (χ4v) is 7.20. The van der Waals surface area contributed by atoms with Crippen molar-refractivity contribution in [2.45, 2.75) is 60.5 Å². The largest absolute Gasteiger partial charge is 0.491 e. The van der Waals surface area contributed by atoms with Crippen molar-refractivity contribution < 1.29 is 23.4 Å². The number of nitrogens with zero attached hydrogens (tertiary/aromatic N) is 5. The summed E-state index contributed by atoms with van der Waals surface area (Å²) in [4.78, 5) is 15.3. The Hall–Kier alpha value is -4.89. The molecule has 1 unspecified atom stereocenters. The van der Waals surface area contributed by atoms with Gasteiger partial charge in [-0.25, -0.2) is 13.9 Å². The molecule has 0 bridgehead atoms. The third-order valence-electron chi connectivity index (χ3n) is 9.06. The Labute approximate surface area is 322 Å². The van der Waals surface area contributed by atoms with Gasteiger partial charge in [0.15, 0.2) is 17.8 Å². The van der Waals surface area contributed by atoms with Crippen molar-refractivity contribution in [1.82, 2.24) is 29.7 Å². The number of pyridine rings is 1. The van der Waals surface area contributed by atoms with Crippen LogP contribution >= 0.6 is 23.5 Å². The van der Waals surface area contributed by atoms with Gasteiger partial charge in [-0.15, -0.1) is 10.2 Å². The minimum Gasteiger partial charge on any atom is -0.491 e. The van der Waals surface area contributed by atoms with Crippen molar-refractivity contribution in [3.8, 4) is 22.8 Å². The molecule has 1 fully saturated rings. The van der Waals surface area contributed by atoms with E-state index < -0.39 is 0 Å². The van der Waals surface area contributed by atoms with Gasteiger partial charge in [-0.3, -0.25) is 9.72 Å². The zero-order valence-electron chi connectivity index (χ0n) is 30.3. The molecular formula is C40H42FN7O4S2. The van der Waals surface area contributed by atoms with E-state index in [9.17, 15) is 9.18 Å². The molecule has 1 atom stereocenters. The highest BCUT2D eigenvalue weighted by Gasteiger charge is 2.25. The van der Waals surface area contributed by atoms with Crippen LogP contribution in [0.3, 0.4) is 0 Å². The van der Waals surface area contributed by atoms with Crippen molar-refractivity contribution in [1.29, 1.82) is 0 Å². The minimum atomic E-state index is -0.376. The molecule has 0 saturated carbocycles. The molecule has 2 amide bonds. The normalized spacial score (nSPS) is 14.6. The van der Waals surface area contributed by atoms with Gasteiger partial charge in [0.1, 0.15) is 24.0 Å². The Kier molecular flexibility index (Phi) is 11.8. The number of ether oxygens (including phenoxy) is 3. The molecule has 0 spiro atoms. The molecule has 54 heavy (non-hydrogen) atoms. The predicted molar refractivity (Wildman–Crippen MR) is 210 cm³/mol. The Morgan fingerprint density at radius 1 is 1.00 bits per heavy atom. The first kappa shape index (κ1) is 37.4. The first-order chi connectivity index (χ1) is 26.3. The number of hydrogen-bond acceptors (Lipinski definition) is 9. The average Bonchev–Trinajstić information content (AvgIpc) is 3.82. The van der Waals surface area contributed by atoms with Crippen LogP contribution in [0.25, 0.3) is 22.7 Å². The Morgan fingerprint density at radius 2 is 1.85 bits per heavy atom. The maximum absolute atomic E-state index is 14.6. The quantitative estimate of drug-likeness (QED) is 0.105. The van der Waals surface area contributed by atoms with E-state index in [-0.39, 0.29) is 29.4 Å². The standard InChI is InChI=1S/C40H42FN7O4S2/c1-40(2,53-3)34-24-36(48(46-34)28-12-10-13-29(23-28)50-21-22-52-37-17-8-9-20-51-37)43-39(49)42-25-27-11-4-7-16-33(27)54-30-18-19-35-44-45-38(47(35)26-30)31-14-5-6-15-32(31)41/h4-7,10-16,18-19,23-24,26,37H,8-9,17,20-22,25H2,1-3H3,(H2,42,43,49). The molecule has 280 valence electrons. The van der Waals surface area contributed by atoms with Crippen molar-refractivity contribution in [3.05, 3.63) is 114 Å². The highest BCUT2D eigenvalue weighted by molar-refractivity contribution is 7.99. The molecular weight excluding hydrogens is 726 g/mol. The van der Waals surface area contributed by atoms with Gasteiger partial charge in [-0.2, -0.15) is 16.9 Å². The zero-order chi connectivity index (χ0) is 37.5. The van der Waals surface area contributed by atoms with Crippen molar-refractivity contribution in [3.63, 3.8) is 0 Å². The molecule has 1 saturated heterocycles. The molecule has 1 aliphatic heterocycles. The lowest BCUT2D eigenvalue weighted by Crippen LogP contribution is -2.29. The lowest BCUT2D eigenvalue weighted by Gasteiger charge is -2.22. The van der Waals surface area contributed by atoms with Crippen LogP contribution in [0, 0.1) is 5.82 Å². The SMILES string of the molecule is CSC(C)(C)c1cc(NC(=O)NCc2ccccc2Sc2ccc3nnc(-c4ccccc4F)n3c2)n(-c2cccc(OCCOC3CCCCO3)c2)n1. The van der Waals surface area contributed by atoms with Crippen LogP contribution in [0.1, 0.15) is 44.4 Å². The van der Waals surface area contributed by atoms with E-state index in [1.807, 2.05) is 79.2 Å². The number of nitrogens with one attached hydrogen (secondary N) is 2. The van der Waals surface area contributed by atoms with Crippen LogP contribution < -0.4 is 15.4 Å². The molecule has 3 aromatic carbocycles. The smallest absolute Gasteiger partial charge is 0.320 e. The summed E-state index contributed by atoms with van der Waals surface area (Å²) in [6, 6.07) is 27.3. The van der Waals surface area contributed by atoms with Crippen molar-refractivity contribution in [2.75, 3.05) is 31.4 Å². The first-order valence-corrected chi connectivity index (χ1v) is 19.8. The van der Waals surface area contributed by atoms with Gasteiger partial charge in [0.25, 0.3) is 0 Å². The Bertz CT molecular complexity index is 2220. The highest BCUT2D eigenvalue weighted by Crippen LogP contribution is 2.36. The van der Waals surface area contributed by atoms with Gasteiger partial charge in [0.05, 0.1) is 28.3 Å². The summed E-state index contributed by atoms with van der Waals surface area (Å²) in [6.07, 6.45) is 6.85. The van der Waals surface area contributed by atoms with E-state index in [2.05, 4.69) is 34.7 Å².